The number of halogens is 3. The first-order valence-electron chi connectivity index (χ1n) is 6.32. The number of carbonyl (C=O) groups excluding carboxylic acids is 1. The van der Waals surface area contributed by atoms with Crippen molar-refractivity contribution in [3.05, 3.63) is 40.2 Å². The summed E-state index contributed by atoms with van der Waals surface area (Å²) in [6, 6.07) is 3.40. The van der Waals surface area contributed by atoms with Crippen molar-refractivity contribution in [3.8, 4) is 0 Å². The van der Waals surface area contributed by atoms with Gasteiger partial charge >= 0.3 is 6.18 Å². The molecule has 1 aromatic heterocycles. The van der Waals surface area contributed by atoms with Crippen LogP contribution in [0.3, 0.4) is 0 Å². The molecule has 1 heterocycles. The zero-order valence-corrected chi connectivity index (χ0v) is 12.9. The molecule has 1 N–H and O–H groups in total. The summed E-state index contributed by atoms with van der Waals surface area (Å²) < 4.78 is 37.9. The molecule has 2 rings (SSSR count). The maximum Gasteiger partial charge on any atom is 0.405 e. The first-order chi connectivity index (χ1) is 11.2. The number of nitro groups is 1. The molecule has 0 bridgehead atoms. The van der Waals surface area contributed by atoms with Gasteiger partial charge in [0.05, 0.1) is 9.82 Å². The van der Waals surface area contributed by atoms with E-state index < -0.39 is 29.2 Å². The minimum atomic E-state index is -4.57. The van der Waals surface area contributed by atoms with E-state index in [-0.39, 0.29) is 10.5 Å². The summed E-state index contributed by atoms with van der Waals surface area (Å²) in [5, 5.41) is 20.6. The fraction of sp³-hybridized carbons (Fsp3) is 0.250. The first-order valence-corrected chi connectivity index (χ1v) is 7.14. The van der Waals surface area contributed by atoms with Crippen LogP contribution in [0.15, 0.2) is 34.6 Å². The predicted molar refractivity (Wildman–Crippen MR) is 76.6 cm³/mol. The lowest BCUT2D eigenvalue weighted by Gasteiger charge is -2.09. The molecule has 128 valence electrons. The van der Waals surface area contributed by atoms with E-state index in [4.69, 9.17) is 0 Å². The Kier molecular flexibility index (Phi) is 5.07. The zero-order chi connectivity index (χ0) is 17.9. The Balaban J connectivity index is 2.25. The van der Waals surface area contributed by atoms with E-state index in [1.165, 1.54) is 18.5 Å². The number of aromatic nitrogens is 3. The van der Waals surface area contributed by atoms with Crippen LogP contribution in [-0.2, 0) is 7.05 Å². The Labute approximate surface area is 137 Å². The number of benzene rings is 1. The topological polar surface area (TPSA) is 103 Å². The summed E-state index contributed by atoms with van der Waals surface area (Å²) in [6.07, 6.45) is -3.16. The first kappa shape index (κ1) is 17.7. The zero-order valence-electron chi connectivity index (χ0n) is 12.1. The van der Waals surface area contributed by atoms with Gasteiger partial charge in [0.1, 0.15) is 12.9 Å². The third-order valence-electron chi connectivity index (χ3n) is 2.74. The van der Waals surface area contributed by atoms with Gasteiger partial charge in [-0.15, -0.1) is 10.2 Å². The maximum atomic E-state index is 12.1. The SMILES string of the molecule is Cn1cnnc1Sc1ccc(C(=O)NCC(F)(F)F)cc1[N+](=O)[O-]. The fourth-order valence-electron chi connectivity index (χ4n) is 1.63. The molecule has 0 aliphatic carbocycles. The van der Waals surface area contributed by atoms with Gasteiger partial charge in [0, 0.05) is 18.7 Å². The molecule has 12 heteroatoms. The fourth-order valence-corrected chi connectivity index (χ4v) is 2.48. The number of nitro benzene ring substituents is 1. The van der Waals surface area contributed by atoms with Crippen LogP contribution in [0.25, 0.3) is 0 Å². The van der Waals surface area contributed by atoms with Crippen LogP contribution in [0.5, 0.6) is 0 Å². The van der Waals surface area contributed by atoms with E-state index in [1.54, 1.807) is 16.9 Å². The van der Waals surface area contributed by atoms with E-state index in [9.17, 15) is 28.1 Å². The third-order valence-corrected chi connectivity index (χ3v) is 3.86. The number of nitrogens with zero attached hydrogens (tertiary/aromatic N) is 4. The lowest BCUT2D eigenvalue weighted by Crippen LogP contribution is -2.33. The van der Waals surface area contributed by atoms with Crippen LogP contribution in [0.4, 0.5) is 18.9 Å². The summed E-state index contributed by atoms with van der Waals surface area (Å²) >= 11 is 0.950. The molecular formula is C12H10F3N5O3S. The molecule has 0 atom stereocenters. The van der Waals surface area contributed by atoms with E-state index >= 15 is 0 Å². The van der Waals surface area contributed by atoms with E-state index in [0.717, 1.165) is 17.8 Å². The van der Waals surface area contributed by atoms with Gasteiger partial charge in [-0.3, -0.25) is 14.9 Å². The van der Waals surface area contributed by atoms with Gasteiger partial charge in [0.15, 0.2) is 5.16 Å². The second-order valence-electron chi connectivity index (χ2n) is 4.56. The normalized spacial score (nSPS) is 11.3. The van der Waals surface area contributed by atoms with Crippen molar-refractivity contribution < 1.29 is 22.9 Å². The highest BCUT2D eigenvalue weighted by atomic mass is 32.2. The number of rotatable bonds is 5. The molecule has 1 aromatic carbocycles. The molecule has 0 saturated heterocycles. The lowest BCUT2D eigenvalue weighted by atomic mass is 10.2. The Hall–Kier alpha value is -2.63. The van der Waals surface area contributed by atoms with Crippen molar-refractivity contribution in [2.24, 2.45) is 7.05 Å². The number of aryl methyl sites for hydroxylation is 1. The number of amides is 1. The van der Waals surface area contributed by atoms with Crippen LogP contribution in [0.2, 0.25) is 0 Å². The average molecular weight is 361 g/mol. The molecule has 0 unspecified atom stereocenters. The van der Waals surface area contributed by atoms with E-state index in [2.05, 4.69) is 10.2 Å². The van der Waals surface area contributed by atoms with Crippen LogP contribution in [0, 0.1) is 10.1 Å². The molecule has 0 fully saturated rings. The van der Waals surface area contributed by atoms with Gasteiger partial charge in [0.25, 0.3) is 11.6 Å². The molecule has 0 radical (unpaired) electrons. The molecule has 0 spiro atoms. The quantitative estimate of drug-likeness (QED) is 0.647. The molecule has 8 nitrogen and oxygen atoms in total. The largest absolute Gasteiger partial charge is 0.405 e. The van der Waals surface area contributed by atoms with Crippen molar-refractivity contribution >= 4 is 23.4 Å². The van der Waals surface area contributed by atoms with Gasteiger partial charge in [-0.25, -0.2) is 0 Å². The third kappa shape index (κ3) is 4.44. The summed E-state index contributed by atoms with van der Waals surface area (Å²) in [6.45, 7) is -1.52. The van der Waals surface area contributed by atoms with Gasteiger partial charge in [0.2, 0.25) is 0 Å². The second kappa shape index (κ2) is 6.86. The average Bonchev–Trinajstić information content (AvgIpc) is 2.89. The van der Waals surface area contributed by atoms with Crippen molar-refractivity contribution in [3.63, 3.8) is 0 Å². The molecule has 0 saturated carbocycles. The summed E-state index contributed by atoms with van der Waals surface area (Å²) in [4.78, 5) is 22.3. The molecule has 24 heavy (non-hydrogen) atoms. The highest BCUT2D eigenvalue weighted by molar-refractivity contribution is 7.99. The number of nitrogens with one attached hydrogen (secondary N) is 1. The molecule has 2 aromatic rings. The minimum absolute atomic E-state index is 0.184. The van der Waals surface area contributed by atoms with Gasteiger partial charge in [-0.2, -0.15) is 13.2 Å². The molecule has 0 aliphatic rings. The van der Waals surface area contributed by atoms with Gasteiger partial charge < -0.3 is 9.88 Å². The monoisotopic (exact) mass is 361 g/mol. The smallest absolute Gasteiger partial charge is 0.343 e. The standard InChI is InChI=1S/C12H10F3N5O3S/c1-19-6-17-18-11(19)24-9-3-2-7(4-8(9)20(22)23)10(21)16-5-12(13,14)15/h2-4,6H,5H2,1H3,(H,16,21). The van der Waals surface area contributed by atoms with Crippen LogP contribution in [0.1, 0.15) is 10.4 Å². The highest BCUT2D eigenvalue weighted by Gasteiger charge is 2.28. The Bertz CT molecular complexity index is 778. The van der Waals surface area contributed by atoms with Crippen LogP contribution >= 0.6 is 11.8 Å². The Morgan fingerprint density at radius 3 is 2.71 bits per heavy atom. The second-order valence-corrected chi connectivity index (χ2v) is 5.57. The van der Waals surface area contributed by atoms with Gasteiger partial charge in [-0.05, 0) is 23.9 Å². The van der Waals surface area contributed by atoms with Crippen molar-refractivity contribution in [2.75, 3.05) is 6.54 Å². The van der Waals surface area contributed by atoms with Crippen molar-refractivity contribution in [2.45, 2.75) is 16.2 Å². The molecule has 1 amide bonds. The number of hydrogen-bond donors (Lipinski definition) is 1. The summed E-state index contributed by atoms with van der Waals surface area (Å²) in [5.74, 6) is -1.05. The molecule has 0 aliphatic heterocycles. The number of hydrogen-bond acceptors (Lipinski definition) is 6. The number of carbonyl (C=O) groups is 1. The van der Waals surface area contributed by atoms with Crippen LogP contribution < -0.4 is 5.32 Å². The predicted octanol–water partition coefficient (Wildman–Crippen LogP) is 2.17. The Morgan fingerprint density at radius 2 is 2.17 bits per heavy atom. The van der Waals surface area contributed by atoms with E-state index in [1.807, 2.05) is 0 Å². The maximum absolute atomic E-state index is 12.1. The van der Waals surface area contributed by atoms with Crippen molar-refractivity contribution in [1.29, 1.82) is 0 Å². The van der Waals surface area contributed by atoms with Crippen molar-refractivity contribution in [1.82, 2.24) is 20.1 Å². The highest BCUT2D eigenvalue weighted by Crippen LogP contribution is 2.34. The minimum Gasteiger partial charge on any atom is -0.343 e. The summed E-state index contributed by atoms with van der Waals surface area (Å²) in [5.41, 5.74) is -0.657. The lowest BCUT2D eigenvalue weighted by molar-refractivity contribution is -0.387. The molecular weight excluding hydrogens is 351 g/mol. The van der Waals surface area contributed by atoms with Gasteiger partial charge in [-0.1, -0.05) is 0 Å². The van der Waals surface area contributed by atoms with E-state index in [0.29, 0.717) is 5.16 Å². The Morgan fingerprint density at radius 1 is 1.46 bits per heavy atom. The van der Waals surface area contributed by atoms with Crippen LogP contribution in [-0.4, -0.2) is 38.3 Å². The summed E-state index contributed by atoms with van der Waals surface area (Å²) in [7, 11) is 1.65. The number of alkyl halides is 3.